The van der Waals surface area contributed by atoms with E-state index in [9.17, 15) is 4.79 Å². The number of aromatic nitrogens is 4. The summed E-state index contributed by atoms with van der Waals surface area (Å²) in [6.07, 6.45) is 3.04. The molecule has 2 aromatic heterocycles. The van der Waals surface area contributed by atoms with E-state index in [2.05, 4.69) is 63.6 Å². The van der Waals surface area contributed by atoms with Crippen molar-refractivity contribution in [1.82, 2.24) is 24.1 Å². The molecule has 0 spiro atoms. The third kappa shape index (κ3) is 4.87. The second-order valence-corrected chi connectivity index (χ2v) is 10.1. The molecular weight excluding hydrogens is 474 g/mol. The largest absolute Gasteiger partial charge is 0.365 e. The summed E-state index contributed by atoms with van der Waals surface area (Å²) in [4.78, 5) is 15.7. The number of likely N-dealkylation sites (tertiary alicyclic amines) is 1. The highest BCUT2D eigenvalue weighted by atomic mass is 16.5. The van der Waals surface area contributed by atoms with Crippen molar-refractivity contribution < 1.29 is 4.74 Å². The van der Waals surface area contributed by atoms with Gasteiger partial charge in [-0.3, -0.25) is 13.8 Å². The first-order valence-corrected chi connectivity index (χ1v) is 13.5. The average molecular weight is 508 g/mol. The molecule has 0 amide bonds. The maximum absolute atomic E-state index is 13.3. The number of nitrogens with zero attached hydrogens (tertiary/aromatic N) is 5. The van der Waals surface area contributed by atoms with Crippen LogP contribution in [0.5, 0.6) is 0 Å². The number of ether oxygens (including phenoxy) is 1. The third-order valence-corrected chi connectivity index (χ3v) is 7.59. The van der Waals surface area contributed by atoms with Crippen molar-refractivity contribution in [2.45, 2.75) is 44.9 Å². The molecule has 0 aliphatic carbocycles. The van der Waals surface area contributed by atoms with Gasteiger partial charge in [0.15, 0.2) is 0 Å². The quantitative estimate of drug-likeness (QED) is 0.295. The van der Waals surface area contributed by atoms with Crippen LogP contribution in [0.1, 0.15) is 42.3 Å². The molecular formula is C31H33N5O2. The molecule has 5 aromatic rings. The molecule has 0 bridgehead atoms. The summed E-state index contributed by atoms with van der Waals surface area (Å²) < 4.78 is 10.5. The fourth-order valence-corrected chi connectivity index (χ4v) is 5.61. The standard InChI is InChI=1S/C31H33N5O2/c1-23-32-33-31-35(30(37)27-15-8-9-16-28(27)36(23)31)20-10-19-34-21-17-26(18-22-34)38-29(24-11-4-2-5-12-24)25-13-6-3-7-14-25/h2-9,11-16,26,29H,10,17-22H2,1H3. The Kier molecular flexibility index (Phi) is 7.03. The van der Waals surface area contributed by atoms with Gasteiger partial charge in [0.05, 0.1) is 17.0 Å². The van der Waals surface area contributed by atoms with Crippen molar-refractivity contribution in [2.24, 2.45) is 0 Å². The van der Waals surface area contributed by atoms with Gasteiger partial charge in [-0.15, -0.1) is 10.2 Å². The number of para-hydroxylation sites is 1. The van der Waals surface area contributed by atoms with Crippen molar-refractivity contribution in [2.75, 3.05) is 19.6 Å². The summed E-state index contributed by atoms with van der Waals surface area (Å²) in [6, 6.07) is 28.7. The van der Waals surface area contributed by atoms with E-state index >= 15 is 0 Å². The van der Waals surface area contributed by atoms with Gasteiger partial charge in [-0.05, 0) is 56.0 Å². The Morgan fingerprint density at radius 2 is 1.47 bits per heavy atom. The number of aryl methyl sites for hydroxylation is 2. The SMILES string of the molecule is Cc1nnc2n(CCCN3CCC(OC(c4ccccc4)c4ccccc4)CC3)c(=O)c3ccccc3n12. The van der Waals surface area contributed by atoms with Crippen LogP contribution in [0.15, 0.2) is 89.7 Å². The van der Waals surface area contributed by atoms with Crippen LogP contribution in [0.3, 0.4) is 0 Å². The van der Waals surface area contributed by atoms with Crippen LogP contribution in [0.2, 0.25) is 0 Å². The molecule has 1 saturated heterocycles. The Morgan fingerprint density at radius 1 is 0.842 bits per heavy atom. The van der Waals surface area contributed by atoms with Gasteiger partial charge in [0.1, 0.15) is 11.9 Å². The second kappa shape index (κ2) is 10.9. The van der Waals surface area contributed by atoms with E-state index < -0.39 is 0 Å². The van der Waals surface area contributed by atoms with Crippen LogP contribution in [0.4, 0.5) is 0 Å². The van der Waals surface area contributed by atoms with E-state index in [0.717, 1.165) is 50.2 Å². The molecule has 1 aliphatic heterocycles. The van der Waals surface area contributed by atoms with E-state index in [1.807, 2.05) is 47.7 Å². The van der Waals surface area contributed by atoms with E-state index in [0.29, 0.717) is 17.7 Å². The lowest BCUT2D eigenvalue weighted by Gasteiger charge is -2.34. The smallest absolute Gasteiger partial charge is 0.262 e. The lowest BCUT2D eigenvalue weighted by atomic mass is 10.00. The minimum atomic E-state index is -0.0530. The zero-order chi connectivity index (χ0) is 25.9. The molecule has 38 heavy (non-hydrogen) atoms. The third-order valence-electron chi connectivity index (χ3n) is 7.59. The molecule has 0 unspecified atom stereocenters. The Balaban J connectivity index is 1.09. The lowest BCUT2D eigenvalue weighted by molar-refractivity contribution is -0.0271. The van der Waals surface area contributed by atoms with Crippen molar-refractivity contribution in [3.8, 4) is 0 Å². The van der Waals surface area contributed by atoms with Crippen LogP contribution in [-0.2, 0) is 11.3 Å². The average Bonchev–Trinajstić information content (AvgIpc) is 3.36. The number of hydrogen-bond acceptors (Lipinski definition) is 5. The van der Waals surface area contributed by atoms with Gasteiger partial charge in [0, 0.05) is 19.6 Å². The van der Waals surface area contributed by atoms with Gasteiger partial charge < -0.3 is 9.64 Å². The molecule has 3 aromatic carbocycles. The van der Waals surface area contributed by atoms with Gasteiger partial charge in [-0.1, -0.05) is 72.8 Å². The first-order valence-electron chi connectivity index (χ1n) is 13.5. The minimum absolute atomic E-state index is 0.000439. The van der Waals surface area contributed by atoms with Crippen LogP contribution >= 0.6 is 0 Å². The summed E-state index contributed by atoms with van der Waals surface area (Å²) in [5, 5.41) is 9.28. The molecule has 1 fully saturated rings. The summed E-state index contributed by atoms with van der Waals surface area (Å²) in [7, 11) is 0. The number of rotatable bonds is 8. The zero-order valence-electron chi connectivity index (χ0n) is 21.7. The van der Waals surface area contributed by atoms with Gasteiger partial charge in [-0.25, -0.2) is 0 Å². The molecule has 7 nitrogen and oxygen atoms in total. The number of piperidine rings is 1. The van der Waals surface area contributed by atoms with Crippen LogP contribution in [-0.4, -0.2) is 49.8 Å². The molecule has 0 saturated carbocycles. The summed E-state index contributed by atoms with van der Waals surface area (Å²) in [6.45, 7) is 5.46. The van der Waals surface area contributed by atoms with Gasteiger partial charge in [-0.2, -0.15) is 0 Å². The fourth-order valence-electron chi connectivity index (χ4n) is 5.61. The van der Waals surface area contributed by atoms with Gasteiger partial charge in [0.25, 0.3) is 5.56 Å². The Bertz CT molecular complexity index is 1530. The Labute approximate surface area is 222 Å². The fraction of sp³-hybridized carbons (Fsp3) is 0.323. The summed E-state index contributed by atoms with van der Waals surface area (Å²) in [5.74, 6) is 1.41. The van der Waals surface area contributed by atoms with Crippen molar-refractivity contribution in [1.29, 1.82) is 0 Å². The van der Waals surface area contributed by atoms with Crippen molar-refractivity contribution in [3.05, 3.63) is 112 Å². The second-order valence-electron chi connectivity index (χ2n) is 10.1. The first kappa shape index (κ1) is 24.5. The van der Waals surface area contributed by atoms with E-state index in [1.165, 1.54) is 11.1 Å². The summed E-state index contributed by atoms with van der Waals surface area (Å²) in [5.41, 5.74) is 3.24. The molecule has 0 N–H and O–H groups in total. The topological polar surface area (TPSA) is 64.7 Å². The molecule has 194 valence electrons. The highest BCUT2D eigenvalue weighted by Crippen LogP contribution is 2.30. The molecule has 1 aliphatic rings. The highest BCUT2D eigenvalue weighted by Gasteiger charge is 2.25. The molecule has 7 heteroatoms. The number of fused-ring (bicyclic) bond motifs is 3. The van der Waals surface area contributed by atoms with Crippen LogP contribution < -0.4 is 5.56 Å². The number of hydrogen-bond donors (Lipinski definition) is 0. The molecule has 3 heterocycles. The predicted molar refractivity (Wildman–Crippen MR) is 149 cm³/mol. The van der Waals surface area contributed by atoms with Crippen molar-refractivity contribution in [3.63, 3.8) is 0 Å². The predicted octanol–water partition coefficient (Wildman–Crippen LogP) is 5.01. The highest BCUT2D eigenvalue weighted by molar-refractivity contribution is 5.80. The molecule has 0 radical (unpaired) electrons. The maximum Gasteiger partial charge on any atom is 0.262 e. The van der Waals surface area contributed by atoms with E-state index in [1.54, 1.807) is 4.57 Å². The van der Waals surface area contributed by atoms with Gasteiger partial charge in [0.2, 0.25) is 5.78 Å². The van der Waals surface area contributed by atoms with E-state index in [4.69, 9.17) is 4.74 Å². The minimum Gasteiger partial charge on any atom is -0.365 e. The number of benzene rings is 3. The van der Waals surface area contributed by atoms with Crippen LogP contribution in [0, 0.1) is 6.92 Å². The summed E-state index contributed by atoms with van der Waals surface area (Å²) >= 11 is 0. The zero-order valence-corrected chi connectivity index (χ0v) is 21.7. The first-order chi connectivity index (χ1) is 18.7. The van der Waals surface area contributed by atoms with Crippen LogP contribution in [0.25, 0.3) is 16.7 Å². The van der Waals surface area contributed by atoms with Crippen molar-refractivity contribution >= 4 is 16.7 Å². The molecule has 0 atom stereocenters. The normalized spacial score (nSPS) is 15.1. The molecule has 6 rings (SSSR count). The Hall–Kier alpha value is -3.81. The maximum atomic E-state index is 13.3. The Morgan fingerprint density at radius 3 is 2.16 bits per heavy atom. The van der Waals surface area contributed by atoms with Gasteiger partial charge >= 0.3 is 0 Å². The van der Waals surface area contributed by atoms with E-state index in [-0.39, 0.29) is 17.8 Å². The monoisotopic (exact) mass is 507 g/mol. The lowest BCUT2D eigenvalue weighted by Crippen LogP contribution is -2.38.